The third-order valence-corrected chi connectivity index (χ3v) is 3.42. The number of rotatable bonds is 5. The van der Waals surface area contributed by atoms with Gasteiger partial charge in [-0.15, -0.1) is 0 Å². The fourth-order valence-corrected chi connectivity index (χ4v) is 2.23. The topological polar surface area (TPSA) is 86.8 Å². The molecule has 19 heavy (non-hydrogen) atoms. The molecule has 0 aromatic heterocycles. The first-order chi connectivity index (χ1) is 9.02. The number of nitrogens with zero attached hydrogens (tertiary/aromatic N) is 1. The first-order valence-corrected chi connectivity index (χ1v) is 6.59. The van der Waals surface area contributed by atoms with Crippen molar-refractivity contribution in [1.29, 1.82) is 0 Å². The van der Waals surface area contributed by atoms with Gasteiger partial charge in [-0.25, -0.2) is 0 Å². The average molecular weight is 264 g/mol. The van der Waals surface area contributed by atoms with Crippen LogP contribution in [0.4, 0.5) is 0 Å². The molecular formula is C14H20N2O3. The number of phenolic OH excluding ortho intramolecular Hbond substituents is 2. The van der Waals surface area contributed by atoms with Crippen LogP contribution in [0.2, 0.25) is 0 Å². The van der Waals surface area contributed by atoms with Gasteiger partial charge in [-0.1, -0.05) is 6.07 Å². The Bertz CT molecular complexity index is 472. The van der Waals surface area contributed by atoms with Crippen molar-refractivity contribution in [3.63, 3.8) is 0 Å². The molecule has 0 unspecified atom stereocenters. The molecule has 104 valence electrons. The van der Waals surface area contributed by atoms with Crippen LogP contribution in [-0.4, -0.2) is 39.6 Å². The summed E-state index contributed by atoms with van der Waals surface area (Å²) in [6.45, 7) is 2.63. The van der Waals surface area contributed by atoms with Crippen molar-refractivity contribution in [2.75, 3.05) is 6.54 Å². The van der Waals surface area contributed by atoms with Crippen LogP contribution < -0.4 is 5.73 Å². The predicted octanol–water partition coefficient (Wildman–Crippen LogP) is 0.978. The fraction of sp³-hybridized carbons (Fsp3) is 0.500. The van der Waals surface area contributed by atoms with Crippen molar-refractivity contribution in [2.45, 2.75) is 38.3 Å². The second-order valence-corrected chi connectivity index (χ2v) is 4.99. The fourth-order valence-electron chi connectivity index (χ4n) is 2.23. The quantitative estimate of drug-likeness (QED) is 0.692. The van der Waals surface area contributed by atoms with E-state index in [9.17, 15) is 15.0 Å². The molecule has 0 spiro atoms. The number of amides is 1. The van der Waals surface area contributed by atoms with Gasteiger partial charge in [-0.2, -0.15) is 0 Å². The molecule has 4 N–H and O–H groups in total. The van der Waals surface area contributed by atoms with E-state index in [-0.39, 0.29) is 17.4 Å². The summed E-state index contributed by atoms with van der Waals surface area (Å²) >= 11 is 0. The molecule has 1 aliphatic rings. The van der Waals surface area contributed by atoms with E-state index in [0.29, 0.717) is 19.0 Å². The zero-order chi connectivity index (χ0) is 14.0. The van der Waals surface area contributed by atoms with Gasteiger partial charge in [0.25, 0.3) is 0 Å². The molecule has 5 nitrogen and oxygen atoms in total. The van der Waals surface area contributed by atoms with Crippen LogP contribution >= 0.6 is 0 Å². The van der Waals surface area contributed by atoms with Gasteiger partial charge in [-0.3, -0.25) is 4.79 Å². The number of benzene rings is 1. The summed E-state index contributed by atoms with van der Waals surface area (Å²) < 4.78 is 0. The highest BCUT2D eigenvalue weighted by molar-refractivity contribution is 5.82. The number of hydrogen-bond donors (Lipinski definition) is 3. The normalized spacial score (nSPS) is 16.1. The van der Waals surface area contributed by atoms with Crippen LogP contribution in [0.5, 0.6) is 11.5 Å². The molecule has 1 aromatic rings. The summed E-state index contributed by atoms with van der Waals surface area (Å²) in [6.07, 6.45) is 2.48. The van der Waals surface area contributed by atoms with Crippen LogP contribution in [-0.2, 0) is 11.2 Å². The Morgan fingerprint density at radius 3 is 2.63 bits per heavy atom. The number of carbonyl (C=O) groups excluding carboxylic acids is 1. The second-order valence-electron chi connectivity index (χ2n) is 4.99. The van der Waals surface area contributed by atoms with E-state index in [0.717, 1.165) is 18.4 Å². The summed E-state index contributed by atoms with van der Waals surface area (Å²) in [5, 5.41) is 18.7. The molecule has 1 atom stereocenters. The molecule has 0 aliphatic heterocycles. The van der Waals surface area contributed by atoms with Gasteiger partial charge in [-0.05, 0) is 43.9 Å². The van der Waals surface area contributed by atoms with E-state index in [4.69, 9.17) is 5.73 Å². The Morgan fingerprint density at radius 1 is 1.42 bits per heavy atom. The van der Waals surface area contributed by atoms with Gasteiger partial charge in [0, 0.05) is 12.6 Å². The van der Waals surface area contributed by atoms with E-state index in [2.05, 4.69) is 0 Å². The molecular weight excluding hydrogens is 244 g/mol. The maximum absolute atomic E-state index is 12.2. The molecule has 0 saturated heterocycles. The molecule has 1 saturated carbocycles. The van der Waals surface area contributed by atoms with Crippen molar-refractivity contribution < 1.29 is 15.0 Å². The van der Waals surface area contributed by atoms with Crippen molar-refractivity contribution in [2.24, 2.45) is 5.73 Å². The van der Waals surface area contributed by atoms with Crippen LogP contribution in [0.15, 0.2) is 18.2 Å². The van der Waals surface area contributed by atoms with Crippen molar-refractivity contribution >= 4 is 5.91 Å². The third kappa shape index (κ3) is 3.17. The molecule has 0 heterocycles. The largest absolute Gasteiger partial charge is 0.504 e. The minimum atomic E-state index is -0.607. The van der Waals surface area contributed by atoms with Gasteiger partial charge >= 0.3 is 0 Å². The number of nitrogens with two attached hydrogens (primary N) is 1. The zero-order valence-corrected chi connectivity index (χ0v) is 11.0. The van der Waals surface area contributed by atoms with Gasteiger partial charge < -0.3 is 20.8 Å². The lowest BCUT2D eigenvalue weighted by atomic mass is 10.0. The minimum Gasteiger partial charge on any atom is -0.504 e. The highest BCUT2D eigenvalue weighted by atomic mass is 16.3. The smallest absolute Gasteiger partial charge is 0.240 e. The van der Waals surface area contributed by atoms with E-state index < -0.39 is 6.04 Å². The third-order valence-electron chi connectivity index (χ3n) is 3.42. The van der Waals surface area contributed by atoms with E-state index in [1.165, 1.54) is 12.1 Å². The monoisotopic (exact) mass is 264 g/mol. The molecule has 0 bridgehead atoms. The Labute approximate surface area is 112 Å². The highest BCUT2D eigenvalue weighted by Gasteiger charge is 2.33. The Balaban J connectivity index is 2.01. The molecule has 1 amide bonds. The predicted molar refractivity (Wildman–Crippen MR) is 71.9 cm³/mol. The van der Waals surface area contributed by atoms with E-state index in [1.807, 2.05) is 11.8 Å². The Morgan fingerprint density at radius 2 is 2.11 bits per heavy atom. The maximum Gasteiger partial charge on any atom is 0.240 e. The lowest BCUT2D eigenvalue weighted by Gasteiger charge is -2.24. The van der Waals surface area contributed by atoms with E-state index >= 15 is 0 Å². The molecule has 1 fully saturated rings. The number of likely N-dealkylation sites (N-methyl/N-ethyl adjacent to an activating group) is 1. The Kier molecular flexibility index (Phi) is 3.95. The lowest BCUT2D eigenvalue weighted by molar-refractivity contribution is -0.132. The number of carbonyl (C=O) groups is 1. The molecule has 2 rings (SSSR count). The van der Waals surface area contributed by atoms with Crippen LogP contribution in [0.25, 0.3) is 0 Å². The second kappa shape index (κ2) is 5.48. The van der Waals surface area contributed by atoms with Gasteiger partial charge in [0.05, 0.1) is 6.04 Å². The van der Waals surface area contributed by atoms with Crippen molar-refractivity contribution in [3.05, 3.63) is 23.8 Å². The summed E-state index contributed by atoms with van der Waals surface area (Å²) in [5.74, 6) is -0.402. The van der Waals surface area contributed by atoms with Gasteiger partial charge in [0.2, 0.25) is 5.91 Å². The molecule has 1 aliphatic carbocycles. The zero-order valence-electron chi connectivity index (χ0n) is 11.0. The molecule has 0 radical (unpaired) electrons. The standard InChI is InChI=1S/C14H20N2O3/c1-2-16(10-4-5-10)14(19)11(15)7-9-3-6-12(17)13(18)8-9/h3,6,8,10-11,17-18H,2,4-5,7,15H2,1H3/t11-/m0/s1. The summed E-state index contributed by atoms with van der Waals surface area (Å²) in [6, 6.07) is 4.26. The Hall–Kier alpha value is -1.75. The number of hydrogen-bond acceptors (Lipinski definition) is 4. The van der Waals surface area contributed by atoms with Crippen LogP contribution in [0.1, 0.15) is 25.3 Å². The lowest BCUT2D eigenvalue weighted by Crippen LogP contribution is -2.45. The molecule has 5 heteroatoms. The van der Waals surface area contributed by atoms with Crippen molar-refractivity contribution in [1.82, 2.24) is 4.90 Å². The first kappa shape index (κ1) is 13.7. The minimum absolute atomic E-state index is 0.0439. The van der Waals surface area contributed by atoms with Crippen LogP contribution in [0, 0.1) is 0 Å². The summed E-state index contributed by atoms with van der Waals surface area (Å²) in [7, 11) is 0. The summed E-state index contributed by atoms with van der Waals surface area (Å²) in [4.78, 5) is 14.0. The number of phenols is 2. The number of aromatic hydroxyl groups is 2. The first-order valence-electron chi connectivity index (χ1n) is 6.59. The highest BCUT2D eigenvalue weighted by Crippen LogP contribution is 2.28. The van der Waals surface area contributed by atoms with Crippen molar-refractivity contribution in [3.8, 4) is 11.5 Å². The van der Waals surface area contributed by atoms with Gasteiger partial charge in [0.1, 0.15) is 0 Å². The van der Waals surface area contributed by atoms with E-state index in [1.54, 1.807) is 6.07 Å². The maximum atomic E-state index is 12.2. The molecule has 1 aromatic carbocycles. The van der Waals surface area contributed by atoms with Crippen LogP contribution in [0.3, 0.4) is 0 Å². The summed E-state index contributed by atoms with van der Waals surface area (Å²) in [5.41, 5.74) is 6.68. The van der Waals surface area contributed by atoms with Gasteiger partial charge in [0.15, 0.2) is 11.5 Å². The average Bonchev–Trinajstić information content (AvgIpc) is 3.19. The SMILES string of the molecule is CCN(C(=O)[C@@H](N)Cc1ccc(O)c(O)c1)C1CC1.